The average Bonchev–Trinajstić information content (AvgIpc) is 2.68. The molecule has 0 fully saturated rings. The van der Waals surface area contributed by atoms with Gasteiger partial charge in [0.15, 0.2) is 0 Å². The summed E-state index contributed by atoms with van der Waals surface area (Å²) in [5.74, 6) is 0. The molecule has 0 heterocycles. The van der Waals surface area contributed by atoms with Gasteiger partial charge >= 0.3 is 150 Å². The van der Waals surface area contributed by atoms with Gasteiger partial charge in [-0.15, -0.1) is 0 Å². The first-order valence-corrected chi connectivity index (χ1v) is 14.3. The van der Waals surface area contributed by atoms with Gasteiger partial charge in [0, 0.05) is 0 Å². The van der Waals surface area contributed by atoms with Crippen LogP contribution in [-0.2, 0) is 0 Å². The monoisotopic (exact) mass is 423 g/mol. The van der Waals surface area contributed by atoms with E-state index < -0.39 is 18.7 Å². The van der Waals surface area contributed by atoms with Gasteiger partial charge < -0.3 is 0 Å². The molecule has 0 atom stereocenters. The maximum absolute atomic E-state index is 3.22. The summed E-state index contributed by atoms with van der Waals surface area (Å²) in [5, 5.41) is 0. The van der Waals surface area contributed by atoms with E-state index in [0.717, 1.165) is 13.1 Å². The Morgan fingerprint density at radius 1 is 0.542 bits per heavy atom. The SMILES string of the molecule is CC[N](CC)[Sn]([c]1ccccc1)([c]1ccccc1)[c]1ccccc1. The van der Waals surface area contributed by atoms with Crippen LogP contribution in [0.5, 0.6) is 0 Å². The fraction of sp³-hybridized carbons (Fsp3) is 0.182. The van der Waals surface area contributed by atoms with Gasteiger partial charge in [-0.25, -0.2) is 0 Å². The fourth-order valence-electron chi connectivity index (χ4n) is 3.78. The van der Waals surface area contributed by atoms with Crippen molar-refractivity contribution in [2.75, 3.05) is 13.1 Å². The van der Waals surface area contributed by atoms with Crippen molar-refractivity contribution in [1.82, 2.24) is 3.12 Å². The first-order chi connectivity index (χ1) is 11.8. The number of rotatable bonds is 6. The molecule has 0 radical (unpaired) electrons. The van der Waals surface area contributed by atoms with Crippen LogP contribution in [0.2, 0.25) is 0 Å². The standard InChI is InChI=1S/3C6H5.C4H10N.Sn/c3*1-2-4-6-5-3-1;1-3-5-4-2;/h3*1-5H;3-4H2,1-2H3;/q;;;-1;+1. The third-order valence-corrected chi connectivity index (χ3v) is 19.3. The van der Waals surface area contributed by atoms with E-state index in [-0.39, 0.29) is 0 Å². The van der Waals surface area contributed by atoms with Gasteiger partial charge in [0.1, 0.15) is 0 Å². The molecule has 3 aromatic carbocycles. The Bertz CT molecular complexity index is 640. The van der Waals surface area contributed by atoms with Crippen molar-refractivity contribution >= 4 is 29.4 Å². The molecule has 2 heteroatoms. The number of hydrogen-bond acceptors (Lipinski definition) is 1. The van der Waals surface area contributed by atoms with E-state index in [9.17, 15) is 0 Å². The molecule has 0 saturated carbocycles. The van der Waals surface area contributed by atoms with E-state index in [1.807, 2.05) is 0 Å². The van der Waals surface area contributed by atoms with Gasteiger partial charge in [0.05, 0.1) is 0 Å². The first kappa shape index (κ1) is 17.2. The molecule has 0 unspecified atom stereocenters. The topological polar surface area (TPSA) is 3.24 Å². The zero-order chi connectivity index (χ0) is 16.8. The summed E-state index contributed by atoms with van der Waals surface area (Å²) in [7, 11) is 0. The van der Waals surface area contributed by atoms with Crippen LogP contribution in [-0.4, -0.2) is 34.9 Å². The predicted molar refractivity (Wildman–Crippen MR) is 107 cm³/mol. The summed E-state index contributed by atoms with van der Waals surface area (Å²) >= 11 is -3.22. The van der Waals surface area contributed by atoms with Gasteiger partial charge in [-0.3, -0.25) is 0 Å². The van der Waals surface area contributed by atoms with E-state index >= 15 is 0 Å². The van der Waals surface area contributed by atoms with Gasteiger partial charge in [0.2, 0.25) is 0 Å². The van der Waals surface area contributed by atoms with Crippen LogP contribution in [0.1, 0.15) is 13.8 Å². The molecule has 0 amide bonds. The second-order valence-electron chi connectivity index (χ2n) is 5.98. The van der Waals surface area contributed by atoms with Gasteiger partial charge in [-0.2, -0.15) is 0 Å². The molecule has 0 aromatic heterocycles. The van der Waals surface area contributed by atoms with Crippen molar-refractivity contribution < 1.29 is 0 Å². The molecule has 0 N–H and O–H groups in total. The van der Waals surface area contributed by atoms with Crippen molar-refractivity contribution in [2.24, 2.45) is 0 Å². The Balaban J connectivity index is 2.37. The third-order valence-electron chi connectivity index (χ3n) is 4.81. The molecule has 0 aliphatic rings. The summed E-state index contributed by atoms with van der Waals surface area (Å²) in [5.41, 5.74) is 0. The first-order valence-electron chi connectivity index (χ1n) is 8.75. The minimum absolute atomic E-state index is 1.07. The normalized spacial score (nSPS) is 11.6. The van der Waals surface area contributed by atoms with Crippen LogP contribution in [0.25, 0.3) is 0 Å². The summed E-state index contributed by atoms with van der Waals surface area (Å²) < 4.78 is 7.32. The Morgan fingerprint density at radius 2 is 0.833 bits per heavy atom. The van der Waals surface area contributed by atoms with Crippen LogP contribution < -0.4 is 10.7 Å². The molecule has 122 valence electrons. The van der Waals surface area contributed by atoms with E-state index in [0.29, 0.717) is 0 Å². The van der Waals surface area contributed by atoms with E-state index in [4.69, 9.17) is 0 Å². The molecule has 0 spiro atoms. The number of hydrogen-bond donors (Lipinski definition) is 0. The summed E-state index contributed by atoms with van der Waals surface area (Å²) in [6, 6.07) is 33.6. The Morgan fingerprint density at radius 3 is 1.08 bits per heavy atom. The van der Waals surface area contributed by atoms with Crippen LogP contribution >= 0.6 is 0 Å². The minimum atomic E-state index is -3.22. The Hall–Kier alpha value is -1.58. The molecule has 3 aromatic rings. The Kier molecular flexibility index (Phi) is 5.75. The molecule has 1 nitrogen and oxygen atoms in total. The van der Waals surface area contributed by atoms with Crippen LogP contribution in [0.15, 0.2) is 91.0 Å². The zero-order valence-corrected chi connectivity index (χ0v) is 17.4. The molecule has 3 rings (SSSR count). The van der Waals surface area contributed by atoms with Crippen molar-refractivity contribution in [3.8, 4) is 0 Å². The third kappa shape index (κ3) is 3.03. The van der Waals surface area contributed by atoms with Gasteiger partial charge in [0.25, 0.3) is 0 Å². The molecular weight excluding hydrogens is 397 g/mol. The van der Waals surface area contributed by atoms with Crippen LogP contribution in [0, 0.1) is 0 Å². The molecule has 0 saturated heterocycles. The Labute approximate surface area is 150 Å². The van der Waals surface area contributed by atoms with Crippen molar-refractivity contribution in [3.63, 3.8) is 0 Å². The van der Waals surface area contributed by atoms with E-state index in [2.05, 4.69) is 108 Å². The molecule has 24 heavy (non-hydrogen) atoms. The van der Waals surface area contributed by atoms with Crippen molar-refractivity contribution in [3.05, 3.63) is 91.0 Å². The van der Waals surface area contributed by atoms with Crippen molar-refractivity contribution in [1.29, 1.82) is 0 Å². The van der Waals surface area contributed by atoms with Crippen molar-refractivity contribution in [2.45, 2.75) is 13.8 Å². The maximum atomic E-state index is 2.76. The predicted octanol–water partition coefficient (Wildman–Crippen LogP) is 3.00. The van der Waals surface area contributed by atoms with E-state index in [1.54, 1.807) is 0 Å². The number of benzene rings is 3. The zero-order valence-electron chi connectivity index (χ0n) is 14.5. The van der Waals surface area contributed by atoms with Crippen LogP contribution in [0.3, 0.4) is 0 Å². The van der Waals surface area contributed by atoms with E-state index in [1.165, 1.54) is 10.7 Å². The molecule has 0 aliphatic carbocycles. The summed E-state index contributed by atoms with van der Waals surface area (Å²) in [4.78, 5) is 0. The summed E-state index contributed by atoms with van der Waals surface area (Å²) in [6.07, 6.45) is 0. The van der Waals surface area contributed by atoms with Gasteiger partial charge in [-0.05, 0) is 0 Å². The van der Waals surface area contributed by atoms with Gasteiger partial charge in [-0.1, -0.05) is 0 Å². The molecular formula is C22H25NSn. The molecule has 0 aliphatic heterocycles. The van der Waals surface area contributed by atoms with Crippen LogP contribution in [0.4, 0.5) is 0 Å². The second kappa shape index (κ2) is 8.00. The fourth-order valence-corrected chi connectivity index (χ4v) is 18.3. The summed E-state index contributed by atoms with van der Waals surface area (Å²) in [6.45, 7) is 6.74. The average molecular weight is 422 g/mol. The second-order valence-corrected chi connectivity index (χ2v) is 16.8. The molecule has 0 bridgehead atoms. The quantitative estimate of drug-likeness (QED) is 0.553. The number of nitrogens with zero attached hydrogens (tertiary/aromatic N) is 1.